The number of benzene rings is 3. The highest BCUT2D eigenvalue weighted by molar-refractivity contribution is 7.87. The van der Waals surface area contributed by atoms with Crippen molar-refractivity contribution in [1.29, 1.82) is 0 Å². The van der Waals surface area contributed by atoms with E-state index in [9.17, 15) is 18.0 Å². The minimum atomic E-state index is -3.98. The van der Waals surface area contributed by atoms with Crippen molar-refractivity contribution in [2.45, 2.75) is 51.2 Å². The van der Waals surface area contributed by atoms with E-state index in [4.69, 9.17) is 9.47 Å². The van der Waals surface area contributed by atoms with Crippen molar-refractivity contribution in [1.82, 2.24) is 13.6 Å². The minimum absolute atomic E-state index is 0.209. The van der Waals surface area contributed by atoms with Crippen LogP contribution in [-0.2, 0) is 32.9 Å². The Hall–Kier alpha value is -4.41. The van der Waals surface area contributed by atoms with Crippen LogP contribution in [0.25, 0.3) is 28.2 Å². The highest BCUT2D eigenvalue weighted by Crippen LogP contribution is 2.47. The van der Waals surface area contributed by atoms with Gasteiger partial charge in [-0.2, -0.15) is 12.7 Å². The lowest BCUT2D eigenvalue weighted by molar-refractivity contribution is -0.136. The fourth-order valence-electron chi connectivity index (χ4n) is 6.41. The van der Waals surface area contributed by atoms with E-state index in [0.29, 0.717) is 23.8 Å². The quantitative estimate of drug-likeness (QED) is 0.239. The summed E-state index contributed by atoms with van der Waals surface area (Å²) in [6, 6.07) is 21.2. The number of nitrogens with zero attached hydrogens (tertiary/aromatic N) is 2. The molecule has 1 aliphatic heterocycles. The van der Waals surface area contributed by atoms with Crippen molar-refractivity contribution in [3.63, 3.8) is 0 Å². The van der Waals surface area contributed by atoms with Crippen molar-refractivity contribution in [2.24, 2.45) is 0 Å². The van der Waals surface area contributed by atoms with E-state index in [0.717, 1.165) is 63.3 Å². The predicted octanol–water partition coefficient (Wildman–Crippen LogP) is 6.04. The third-order valence-corrected chi connectivity index (χ3v) is 10.1. The van der Waals surface area contributed by atoms with E-state index < -0.39 is 22.1 Å². The molecule has 1 N–H and O–H groups in total. The van der Waals surface area contributed by atoms with Gasteiger partial charge in [-0.25, -0.2) is 9.52 Å². The first-order chi connectivity index (χ1) is 21.7. The summed E-state index contributed by atoms with van der Waals surface area (Å²) in [7, 11) is 0.105. The van der Waals surface area contributed by atoms with Crippen LogP contribution in [-0.4, -0.2) is 50.4 Å². The summed E-state index contributed by atoms with van der Waals surface area (Å²) >= 11 is 0. The van der Waals surface area contributed by atoms with Gasteiger partial charge in [0.1, 0.15) is 12.4 Å². The molecule has 2 heterocycles. The molecule has 4 aromatic rings. The van der Waals surface area contributed by atoms with Crippen molar-refractivity contribution in [3.8, 4) is 17.0 Å². The summed E-state index contributed by atoms with van der Waals surface area (Å²) in [6.07, 6.45) is 7.40. The SMILES string of the molecule is COC(=O)C1=Cc2cc(OCc3ccccc3)ccc2-c2c(C3CCCCC3)c3ccc(C(=O)NS(=O)(=O)N(C)C)cc3n2C1. The number of carbonyl (C=O) groups is 2. The fraction of sp³-hybridized carbons (Fsp3) is 0.314. The summed E-state index contributed by atoms with van der Waals surface area (Å²) < 4.78 is 41.4. The average Bonchev–Trinajstić information content (AvgIpc) is 3.26. The Morgan fingerprint density at radius 2 is 1.73 bits per heavy atom. The smallest absolute Gasteiger partial charge is 0.335 e. The second kappa shape index (κ2) is 12.5. The van der Waals surface area contributed by atoms with Crippen molar-refractivity contribution >= 4 is 39.1 Å². The van der Waals surface area contributed by atoms with Crippen LogP contribution in [0.3, 0.4) is 0 Å². The van der Waals surface area contributed by atoms with Gasteiger partial charge in [-0.1, -0.05) is 55.7 Å². The molecule has 0 bridgehead atoms. The Morgan fingerprint density at radius 1 is 0.978 bits per heavy atom. The molecule has 1 amide bonds. The second-order valence-electron chi connectivity index (χ2n) is 11.8. The Labute approximate surface area is 263 Å². The molecule has 1 saturated carbocycles. The van der Waals surface area contributed by atoms with Gasteiger partial charge in [-0.15, -0.1) is 0 Å². The van der Waals surface area contributed by atoms with E-state index in [1.165, 1.54) is 33.2 Å². The van der Waals surface area contributed by atoms with Crippen molar-refractivity contribution in [3.05, 3.63) is 94.6 Å². The molecular weight excluding hydrogens is 590 g/mol. The molecule has 0 radical (unpaired) electrons. The average molecular weight is 628 g/mol. The third-order valence-electron chi connectivity index (χ3n) is 8.71. The molecule has 0 spiro atoms. The first-order valence-electron chi connectivity index (χ1n) is 15.2. The number of nitrogens with one attached hydrogen (secondary N) is 1. The molecule has 2 aliphatic rings. The molecule has 0 atom stereocenters. The number of fused-ring (bicyclic) bond motifs is 5. The van der Waals surface area contributed by atoms with Crippen LogP contribution in [0.5, 0.6) is 5.75 Å². The summed E-state index contributed by atoms with van der Waals surface area (Å²) in [5.41, 5.74) is 6.46. The van der Waals surface area contributed by atoms with Crippen LogP contribution >= 0.6 is 0 Å². The van der Waals surface area contributed by atoms with Gasteiger partial charge in [-0.3, -0.25) is 4.79 Å². The van der Waals surface area contributed by atoms with Crippen molar-refractivity contribution in [2.75, 3.05) is 21.2 Å². The maximum absolute atomic E-state index is 13.1. The number of rotatable bonds is 8. The number of methoxy groups -OCH3 is 1. The van der Waals surface area contributed by atoms with E-state index >= 15 is 0 Å². The van der Waals surface area contributed by atoms with E-state index in [2.05, 4.69) is 9.29 Å². The molecule has 6 rings (SSSR count). The number of amides is 1. The van der Waals surface area contributed by atoms with Gasteiger partial charge in [-0.05, 0) is 71.9 Å². The highest BCUT2D eigenvalue weighted by atomic mass is 32.2. The standard InChI is InChI=1S/C35H37N3O6S/c1-37(2)45(41,42)36-34(39)25-14-16-30-31(20-25)38-21-27(35(40)43-3)18-26-19-28(44-22-23-10-6-4-7-11-23)15-17-29(26)33(38)32(30)24-12-8-5-9-13-24/h4,6-7,10-11,14-20,24H,5,8-9,12-13,21-22H2,1-3H3,(H,36,39). The summed E-state index contributed by atoms with van der Waals surface area (Å²) in [5.74, 6) is -0.189. The molecule has 9 nitrogen and oxygen atoms in total. The van der Waals surface area contributed by atoms with Crippen LogP contribution in [0.2, 0.25) is 0 Å². The van der Waals surface area contributed by atoms with Gasteiger partial charge < -0.3 is 14.0 Å². The first-order valence-corrected chi connectivity index (χ1v) is 16.6. The number of hydrogen-bond acceptors (Lipinski definition) is 6. The lowest BCUT2D eigenvalue weighted by Gasteiger charge is -2.24. The van der Waals surface area contributed by atoms with Gasteiger partial charge >= 0.3 is 16.2 Å². The normalized spacial score (nSPS) is 15.2. The van der Waals surface area contributed by atoms with Crippen LogP contribution in [0.1, 0.15) is 65.1 Å². The Kier molecular flexibility index (Phi) is 8.52. The van der Waals surface area contributed by atoms with Gasteiger partial charge in [0.15, 0.2) is 0 Å². The lowest BCUT2D eigenvalue weighted by Crippen LogP contribution is -2.39. The van der Waals surface area contributed by atoms with Crippen LogP contribution < -0.4 is 9.46 Å². The minimum Gasteiger partial charge on any atom is -0.489 e. The molecule has 0 unspecified atom stereocenters. The number of carbonyl (C=O) groups excluding carboxylic acids is 2. The molecule has 234 valence electrons. The van der Waals surface area contributed by atoms with Crippen LogP contribution in [0.4, 0.5) is 0 Å². The van der Waals surface area contributed by atoms with E-state index in [1.54, 1.807) is 12.1 Å². The lowest BCUT2D eigenvalue weighted by atomic mass is 9.81. The maximum Gasteiger partial charge on any atom is 0.335 e. The molecule has 1 aliphatic carbocycles. The van der Waals surface area contributed by atoms with Crippen LogP contribution in [0, 0.1) is 0 Å². The number of hydrogen-bond donors (Lipinski definition) is 1. The number of esters is 1. The fourth-order valence-corrected chi connectivity index (χ4v) is 6.94. The van der Waals surface area contributed by atoms with E-state index in [1.807, 2.05) is 60.7 Å². The van der Waals surface area contributed by atoms with Crippen molar-refractivity contribution < 1.29 is 27.5 Å². The topological polar surface area (TPSA) is 107 Å². The predicted molar refractivity (Wildman–Crippen MR) is 174 cm³/mol. The molecule has 10 heteroatoms. The van der Waals surface area contributed by atoms with E-state index in [-0.39, 0.29) is 12.1 Å². The maximum atomic E-state index is 13.1. The number of ether oxygens (including phenoxy) is 2. The van der Waals surface area contributed by atoms with Gasteiger partial charge in [0, 0.05) is 36.1 Å². The summed E-state index contributed by atoms with van der Waals surface area (Å²) in [5, 5.41) is 0.991. The third kappa shape index (κ3) is 6.12. The Bertz CT molecular complexity index is 1900. The van der Waals surface area contributed by atoms with Gasteiger partial charge in [0.2, 0.25) is 0 Å². The molecule has 0 saturated heterocycles. The molecule has 1 aromatic heterocycles. The molecule has 45 heavy (non-hydrogen) atoms. The summed E-state index contributed by atoms with van der Waals surface area (Å²) in [4.78, 5) is 26.3. The second-order valence-corrected chi connectivity index (χ2v) is 13.7. The zero-order chi connectivity index (χ0) is 31.7. The first kappa shape index (κ1) is 30.6. The monoisotopic (exact) mass is 627 g/mol. The zero-order valence-electron chi connectivity index (χ0n) is 25.7. The molecular formula is C35H37N3O6S. The Balaban J connectivity index is 1.52. The largest absolute Gasteiger partial charge is 0.489 e. The highest BCUT2D eigenvalue weighted by Gasteiger charge is 2.31. The number of aromatic nitrogens is 1. The molecule has 3 aromatic carbocycles. The zero-order valence-corrected chi connectivity index (χ0v) is 26.5. The van der Waals surface area contributed by atoms with Gasteiger partial charge in [0.25, 0.3) is 5.91 Å². The van der Waals surface area contributed by atoms with Gasteiger partial charge in [0.05, 0.1) is 24.9 Å². The van der Waals surface area contributed by atoms with Crippen LogP contribution in [0.15, 0.2) is 72.3 Å². The molecule has 1 fully saturated rings. The Morgan fingerprint density at radius 3 is 2.44 bits per heavy atom. The summed E-state index contributed by atoms with van der Waals surface area (Å²) in [6.45, 7) is 0.635.